The number of likely N-dealkylation sites (tertiary alicyclic amines) is 1. The summed E-state index contributed by atoms with van der Waals surface area (Å²) in [6.45, 7) is 8.46. The predicted octanol–water partition coefficient (Wildman–Crippen LogP) is 4.83. The van der Waals surface area contributed by atoms with E-state index in [0.29, 0.717) is 12.0 Å². The molecule has 0 radical (unpaired) electrons. The molecular formula is C28H36N8. The zero-order valence-electron chi connectivity index (χ0n) is 21.3. The van der Waals surface area contributed by atoms with E-state index in [1.54, 1.807) is 24.9 Å². The van der Waals surface area contributed by atoms with Gasteiger partial charge in [-0.05, 0) is 68.5 Å². The highest BCUT2D eigenvalue weighted by molar-refractivity contribution is 5.74. The molecule has 8 nitrogen and oxygen atoms in total. The van der Waals surface area contributed by atoms with Gasteiger partial charge in [0.15, 0.2) is 0 Å². The van der Waals surface area contributed by atoms with Gasteiger partial charge in [-0.25, -0.2) is 15.0 Å². The molecule has 1 fully saturated rings. The number of aromatic nitrogens is 6. The molecule has 0 bridgehead atoms. The molecule has 3 aromatic heterocycles. The molecule has 1 saturated heterocycles. The van der Waals surface area contributed by atoms with Crippen LogP contribution in [-0.2, 0) is 6.54 Å². The van der Waals surface area contributed by atoms with E-state index in [1.807, 2.05) is 16.8 Å². The molecule has 0 spiro atoms. The molecule has 36 heavy (non-hydrogen) atoms. The van der Waals surface area contributed by atoms with Crippen molar-refractivity contribution in [3.63, 3.8) is 0 Å². The fourth-order valence-electron chi connectivity index (χ4n) is 4.95. The number of nitrogens with one attached hydrogen (secondary N) is 1. The number of hydrogen-bond donors (Lipinski definition) is 1. The van der Waals surface area contributed by atoms with E-state index < -0.39 is 0 Å². The first-order valence-electron chi connectivity index (χ1n) is 13.2. The second-order valence-electron chi connectivity index (χ2n) is 9.75. The van der Waals surface area contributed by atoms with Gasteiger partial charge in [-0.15, -0.1) is 0 Å². The van der Waals surface area contributed by atoms with Crippen LogP contribution in [-0.4, -0.2) is 54.0 Å². The van der Waals surface area contributed by atoms with Crippen molar-refractivity contribution in [1.82, 2.24) is 39.7 Å². The minimum atomic E-state index is 0.339. The maximum atomic E-state index is 5.02. The Morgan fingerprint density at radius 3 is 2.78 bits per heavy atom. The molecule has 2 unspecified atom stereocenters. The Bertz CT molecular complexity index is 1260. The molecule has 5 rings (SSSR count). The zero-order chi connectivity index (χ0) is 24.7. The molecule has 0 aliphatic carbocycles. The summed E-state index contributed by atoms with van der Waals surface area (Å²) in [4.78, 5) is 25.5. The van der Waals surface area contributed by atoms with Crippen molar-refractivity contribution in [3.05, 3.63) is 72.3 Å². The van der Waals surface area contributed by atoms with E-state index in [4.69, 9.17) is 9.97 Å². The lowest BCUT2D eigenvalue weighted by molar-refractivity contribution is 0.143. The number of nitrogens with zero attached hydrogens (tertiary/aromatic N) is 7. The average molecular weight is 485 g/mol. The lowest BCUT2D eigenvalue weighted by Gasteiger charge is -2.35. The van der Waals surface area contributed by atoms with E-state index >= 15 is 0 Å². The first-order valence-corrected chi connectivity index (χ1v) is 13.2. The molecule has 1 N–H and O–H groups in total. The van der Waals surface area contributed by atoms with Gasteiger partial charge in [-0.3, -0.25) is 19.4 Å². The van der Waals surface area contributed by atoms with E-state index in [0.717, 1.165) is 73.8 Å². The summed E-state index contributed by atoms with van der Waals surface area (Å²) >= 11 is 0. The minimum absolute atomic E-state index is 0.339. The SMILES string of the molecule is CCC(C)c1cc(C2CCCCN2CCCNCc2ccc3nccnc3c2)nc(-n2ccnc2)n1. The normalized spacial score (nSPS) is 17.4. The molecule has 0 saturated carbocycles. The summed E-state index contributed by atoms with van der Waals surface area (Å²) in [5.41, 5.74) is 5.40. The lowest BCUT2D eigenvalue weighted by Crippen LogP contribution is -2.36. The van der Waals surface area contributed by atoms with Crippen molar-refractivity contribution in [1.29, 1.82) is 0 Å². The number of rotatable bonds is 10. The van der Waals surface area contributed by atoms with Crippen LogP contribution >= 0.6 is 0 Å². The first-order chi connectivity index (χ1) is 17.7. The second-order valence-corrected chi connectivity index (χ2v) is 9.75. The number of benzene rings is 1. The van der Waals surface area contributed by atoms with Crippen LogP contribution < -0.4 is 5.32 Å². The van der Waals surface area contributed by atoms with Gasteiger partial charge in [0.05, 0.1) is 22.8 Å². The minimum Gasteiger partial charge on any atom is -0.313 e. The van der Waals surface area contributed by atoms with Crippen molar-refractivity contribution in [3.8, 4) is 5.95 Å². The quantitative estimate of drug-likeness (QED) is 0.323. The molecule has 8 heteroatoms. The van der Waals surface area contributed by atoms with Gasteiger partial charge in [0, 0.05) is 43.6 Å². The Balaban J connectivity index is 1.22. The maximum absolute atomic E-state index is 5.02. The first kappa shape index (κ1) is 24.5. The highest BCUT2D eigenvalue weighted by Crippen LogP contribution is 2.32. The molecule has 188 valence electrons. The number of imidazole rings is 1. The average Bonchev–Trinajstić information content (AvgIpc) is 3.48. The zero-order valence-corrected chi connectivity index (χ0v) is 21.3. The lowest BCUT2D eigenvalue weighted by atomic mass is 9.96. The Morgan fingerprint density at radius 2 is 1.94 bits per heavy atom. The molecule has 1 aliphatic heterocycles. The summed E-state index contributed by atoms with van der Waals surface area (Å²) in [5.74, 6) is 1.13. The third-order valence-electron chi connectivity index (χ3n) is 7.22. The van der Waals surface area contributed by atoms with Crippen LogP contribution in [0.1, 0.15) is 74.9 Å². The molecule has 1 aromatic carbocycles. The number of fused-ring (bicyclic) bond motifs is 1. The summed E-state index contributed by atoms with van der Waals surface area (Å²) in [6, 6.07) is 8.89. The van der Waals surface area contributed by atoms with Gasteiger partial charge in [-0.1, -0.05) is 26.3 Å². The number of hydrogen-bond acceptors (Lipinski definition) is 7. The predicted molar refractivity (Wildman–Crippen MR) is 142 cm³/mol. The molecular weight excluding hydrogens is 448 g/mol. The molecule has 4 heterocycles. The molecule has 4 aromatic rings. The van der Waals surface area contributed by atoms with Crippen LogP contribution in [0.15, 0.2) is 55.4 Å². The maximum Gasteiger partial charge on any atom is 0.235 e. The summed E-state index contributed by atoms with van der Waals surface area (Å²) in [5, 5.41) is 3.61. The van der Waals surface area contributed by atoms with Crippen LogP contribution in [0.25, 0.3) is 17.0 Å². The van der Waals surface area contributed by atoms with Gasteiger partial charge in [-0.2, -0.15) is 0 Å². The summed E-state index contributed by atoms with van der Waals surface area (Å²) < 4.78 is 1.92. The molecule has 2 atom stereocenters. The monoisotopic (exact) mass is 484 g/mol. The molecule has 1 aliphatic rings. The van der Waals surface area contributed by atoms with Crippen LogP contribution in [0.3, 0.4) is 0 Å². The Labute approximate surface area is 213 Å². The Hall–Kier alpha value is -3.23. The third-order valence-corrected chi connectivity index (χ3v) is 7.22. The standard InChI is InChI=1S/C28H36N8/c1-3-21(2)24-18-26(34-28(33-24)36-16-13-30-20-36)27-7-4-5-14-35(27)15-6-10-29-19-22-8-9-23-25(17-22)32-12-11-31-23/h8-9,11-13,16-18,20-21,27,29H,3-7,10,14-15,19H2,1-2H3. The van der Waals surface area contributed by atoms with Crippen molar-refractivity contribution < 1.29 is 0 Å². The Morgan fingerprint density at radius 1 is 1.06 bits per heavy atom. The summed E-state index contributed by atoms with van der Waals surface area (Å²) in [6.07, 6.45) is 14.8. The highest BCUT2D eigenvalue weighted by Gasteiger charge is 2.26. The van der Waals surface area contributed by atoms with E-state index in [1.165, 1.54) is 18.4 Å². The Kier molecular flexibility index (Phi) is 7.93. The smallest absolute Gasteiger partial charge is 0.235 e. The van der Waals surface area contributed by atoms with Gasteiger partial charge >= 0.3 is 0 Å². The van der Waals surface area contributed by atoms with Crippen LogP contribution in [0, 0.1) is 0 Å². The van der Waals surface area contributed by atoms with Gasteiger partial charge in [0.1, 0.15) is 6.33 Å². The van der Waals surface area contributed by atoms with Crippen molar-refractivity contribution in [2.24, 2.45) is 0 Å². The van der Waals surface area contributed by atoms with E-state index in [9.17, 15) is 0 Å². The topological polar surface area (TPSA) is 84.6 Å². The van der Waals surface area contributed by atoms with E-state index in [2.05, 4.69) is 57.2 Å². The number of piperidine rings is 1. The largest absolute Gasteiger partial charge is 0.313 e. The fraction of sp³-hybridized carbons (Fsp3) is 0.464. The summed E-state index contributed by atoms with van der Waals surface area (Å²) in [7, 11) is 0. The van der Waals surface area contributed by atoms with Gasteiger partial charge < -0.3 is 5.32 Å². The van der Waals surface area contributed by atoms with Crippen molar-refractivity contribution >= 4 is 11.0 Å². The fourth-order valence-corrected chi connectivity index (χ4v) is 4.95. The van der Waals surface area contributed by atoms with Crippen molar-refractivity contribution in [2.45, 2.75) is 64.5 Å². The second kappa shape index (κ2) is 11.7. The van der Waals surface area contributed by atoms with Gasteiger partial charge in [0.25, 0.3) is 0 Å². The van der Waals surface area contributed by atoms with Crippen LogP contribution in [0.5, 0.6) is 0 Å². The van der Waals surface area contributed by atoms with Gasteiger partial charge in [0.2, 0.25) is 5.95 Å². The third kappa shape index (κ3) is 5.77. The van der Waals surface area contributed by atoms with E-state index in [-0.39, 0.29) is 0 Å². The van der Waals surface area contributed by atoms with Crippen molar-refractivity contribution in [2.75, 3.05) is 19.6 Å². The molecule has 0 amide bonds. The highest BCUT2D eigenvalue weighted by atomic mass is 15.2. The van der Waals surface area contributed by atoms with Crippen LogP contribution in [0.4, 0.5) is 0 Å². The van der Waals surface area contributed by atoms with Crippen LogP contribution in [0.2, 0.25) is 0 Å².